The maximum Gasteiger partial charge on any atom is 0.222 e. The number of para-hydroxylation sites is 2. The molecule has 0 aliphatic carbocycles. The summed E-state index contributed by atoms with van der Waals surface area (Å²) in [5.41, 5.74) is 1.12. The summed E-state index contributed by atoms with van der Waals surface area (Å²) < 4.78 is 5.44. The first kappa shape index (κ1) is 16.1. The van der Waals surface area contributed by atoms with Gasteiger partial charge in [0, 0.05) is 32.6 Å². The van der Waals surface area contributed by atoms with Gasteiger partial charge in [-0.15, -0.1) is 0 Å². The molecule has 0 aromatic heterocycles. The van der Waals surface area contributed by atoms with E-state index in [9.17, 15) is 4.79 Å². The van der Waals surface area contributed by atoms with E-state index in [1.807, 2.05) is 23.1 Å². The number of hydrogen-bond donors (Lipinski definition) is 1. The van der Waals surface area contributed by atoms with Crippen molar-refractivity contribution in [3.8, 4) is 5.75 Å². The molecule has 1 unspecified atom stereocenters. The minimum atomic E-state index is 0.316. The Morgan fingerprint density at radius 1 is 1.26 bits per heavy atom. The van der Waals surface area contributed by atoms with Crippen LogP contribution in [-0.2, 0) is 4.79 Å². The highest BCUT2D eigenvalue weighted by atomic mass is 16.5. The van der Waals surface area contributed by atoms with Gasteiger partial charge in [-0.05, 0) is 44.0 Å². The number of ether oxygens (including phenoxy) is 1. The number of carbonyl (C=O) groups excluding carboxylic acids is 1. The van der Waals surface area contributed by atoms with Gasteiger partial charge >= 0.3 is 0 Å². The lowest BCUT2D eigenvalue weighted by Crippen LogP contribution is -2.48. The van der Waals surface area contributed by atoms with Gasteiger partial charge < -0.3 is 19.9 Å². The summed E-state index contributed by atoms with van der Waals surface area (Å²) in [7, 11) is 1.70. The van der Waals surface area contributed by atoms with Crippen molar-refractivity contribution >= 4 is 11.6 Å². The lowest BCUT2D eigenvalue weighted by molar-refractivity contribution is -0.131. The molecular weight excluding hydrogens is 290 g/mol. The number of rotatable bonds is 5. The third-order valence-corrected chi connectivity index (χ3v) is 4.99. The molecule has 3 rings (SSSR count). The predicted octanol–water partition coefficient (Wildman–Crippen LogP) is 1.73. The predicted molar refractivity (Wildman–Crippen MR) is 92.0 cm³/mol. The van der Waals surface area contributed by atoms with Crippen molar-refractivity contribution in [1.82, 2.24) is 10.2 Å². The van der Waals surface area contributed by atoms with Crippen molar-refractivity contribution in [2.75, 3.05) is 51.3 Å². The Morgan fingerprint density at radius 3 is 2.74 bits per heavy atom. The molecule has 0 spiro atoms. The molecule has 5 heteroatoms. The Bertz CT molecular complexity index is 521. The van der Waals surface area contributed by atoms with Crippen LogP contribution in [0.2, 0.25) is 0 Å². The molecule has 1 N–H and O–H groups in total. The Kier molecular flexibility index (Phi) is 5.39. The molecule has 23 heavy (non-hydrogen) atoms. The number of methoxy groups -OCH3 is 1. The molecule has 0 saturated carbocycles. The van der Waals surface area contributed by atoms with Crippen LogP contribution in [0.3, 0.4) is 0 Å². The van der Waals surface area contributed by atoms with Gasteiger partial charge in [-0.3, -0.25) is 4.79 Å². The minimum Gasteiger partial charge on any atom is -0.495 e. The van der Waals surface area contributed by atoms with Crippen LogP contribution in [0.5, 0.6) is 5.75 Å². The largest absolute Gasteiger partial charge is 0.495 e. The number of piperazine rings is 1. The second-order valence-electron chi connectivity index (χ2n) is 6.44. The van der Waals surface area contributed by atoms with Gasteiger partial charge in [0.15, 0.2) is 0 Å². The molecule has 1 aromatic rings. The van der Waals surface area contributed by atoms with E-state index in [1.54, 1.807) is 7.11 Å². The smallest absolute Gasteiger partial charge is 0.222 e. The zero-order valence-electron chi connectivity index (χ0n) is 14.0. The highest BCUT2D eigenvalue weighted by molar-refractivity contribution is 5.76. The molecule has 2 aliphatic rings. The first-order chi connectivity index (χ1) is 11.3. The van der Waals surface area contributed by atoms with E-state index >= 15 is 0 Å². The van der Waals surface area contributed by atoms with E-state index in [2.05, 4.69) is 16.3 Å². The third kappa shape index (κ3) is 3.96. The molecular formula is C18H27N3O2. The molecule has 2 fully saturated rings. The molecule has 1 atom stereocenters. The monoisotopic (exact) mass is 317 g/mol. The normalized spacial score (nSPS) is 21.5. The number of carbonyl (C=O) groups is 1. The van der Waals surface area contributed by atoms with Crippen LogP contribution in [0, 0.1) is 5.92 Å². The summed E-state index contributed by atoms with van der Waals surface area (Å²) >= 11 is 0. The average molecular weight is 317 g/mol. The van der Waals surface area contributed by atoms with Crippen LogP contribution in [-0.4, -0.2) is 57.2 Å². The zero-order valence-corrected chi connectivity index (χ0v) is 14.0. The lowest BCUT2D eigenvalue weighted by Gasteiger charge is -2.36. The fraction of sp³-hybridized carbons (Fsp3) is 0.611. The van der Waals surface area contributed by atoms with Gasteiger partial charge in [0.25, 0.3) is 0 Å². The second kappa shape index (κ2) is 7.68. The van der Waals surface area contributed by atoms with Crippen molar-refractivity contribution in [2.24, 2.45) is 5.92 Å². The molecule has 126 valence electrons. The standard InChI is InChI=1S/C18H27N3O2/c1-23-17-5-3-2-4-16(17)20-10-12-21(13-11-20)18(22)7-6-15-8-9-19-14-15/h2-5,15,19H,6-14H2,1H3. The summed E-state index contributed by atoms with van der Waals surface area (Å²) in [5.74, 6) is 1.91. The number of amides is 1. The van der Waals surface area contributed by atoms with Crippen LogP contribution in [0.4, 0.5) is 5.69 Å². The van der Waals surface area contributed by atoms with Gasteiger partial charge in [-0.25, -0.2) is 0 Å². The van der Waals surface area contributed by atoms with Gasteiger partial charge in [0.1, 0.15) is 5.75 Å². The van der Waals surface area contributed by atoms with Gasteiger partial charge in [-0.2, -0.15) is 0 Å². The summed E-state index contributed by atoms with van der Waals surface area (Å²) in [4.78, 5) is 16.7. The van der Waals surface area contributed by atoms with Crippen LogP contribution in [0.1, 0.15) is 19.3 Å². The second-order valence-corrected chi connectivity index (χ2v) is 6.44. The van der Waals surface area contributed by atoms with Crippen molar-refractivity contribution in [1.29, 1.82) is 0 Å². The zero-order chi connectivity index (χ0) is 16.1. The fourth-order valence-electron chi connectivity index (χ4n) is 3.53. The van der Waals surface area contributed by atoms with Crippen LogP contribution < -0.4 is 15.0 Å². The van der Waals surface area contributed by atoms with E-state index in [1.165, 1.54) is 6.42 Å². The SMILES string of the molecule is COc1ccccc1N1CCN(C(=O)CCC2CCNC2)CC1. The summed E-state index contributed by atoms with van der Waals surface area (Å²) in [6.45, 7) is 5.54. The highest BCUT2D eigenvalue weighted by Crippen LogP contribution is 2.28. The lowest BCUT2D eigenvalue weighted by atomic mass is 10.0. The highest BCUT2D eigenvalue weighted by Gasteiger charge is 2.24. The minimum absolute atomic E-state index is 0.316. The molecule has 0 bridgehead atoms. The first-order valence-corrected chi connectivity index (χ1v) is 8.64. The molecule has 5 nitrogen and oxygen atoms in total. The molecule has 2 aliphatic heterocycles. The Balaban J connectivity index is 1.48. The van der Waals surface area contributed by atoms with E-state index in [-0.39, 0.29) is 0 Å². The molecule has 1 amide bonds. The van der Waals surface area contributed by atoms with Crippen molar-refractivity contribution in [3.05, 3.63) is 24.3 Å². The number of hydrogen-bond acceptors (Lipinski definition) is 4. The van der Waals surface area contributed by atoms with Crippen LogP contribution in [0.15, 0.2) is 24.3 Å². The number of nitrogens with zero attached hydrogens (tertiary/aromatic N) is 2. The first-order valence-electron chi connectivity index (χ1n) is 8.64. The van der Waals surface area contributed by atoms with Crippen LogP contribution >= 0.6 is 0 Å². The van der Waals surface area contributed by atoms with Crippen molar-refractivity contribution < 1.29 is 9.53 Å². The number of nitrogens with one attached hydrogen (secondary N) is 1. The third-order valence-electron chi connectivity index (χ3n) is 4.99. The van der Waals surface area contributed by atoms with Crippen molar-refractivity contribution in [2.45, 2.75) is 19.3 Å². The summed E-state index contributed by atoms with van der Waals surface area (Å²) in [6.07, 6.45) is 2.94. The topological polar surface area (TPSA) is 44.8 Å². The Hall–Kier alpha value is -1.75. The van der Waals surface area contributed by atoms with E-state index in [0.29, 0.717) is 18.2 Å². The van der Waals surface area contributed by atoms with Crippen molar-refractivity contribution in [3.63, 3.8) is 0 Å². The average Bonchev–Trinajstić information content (AvgIpc) is 3.13. The summed E-state index contributed by atoms with van der Waals surface area (Å²) in [6, 6.07) is 8.09. The quantitative estimate of drug-likeness (QED) is 0.898. The molecule has 1 aromatic carbocycles. The van der Waals surface area contributed by atoms with Crippen LogP contribution in [0.25, 0.3) is 0 Å². The number of anilines is 1. The van der Waals surface area contributed by atoms with E-state index in [4.69, 9.17) is 4.74 Å². The van der Waals surface area contributed by atoms with E-state index < -0.39 is 0 Å². The summed E-state index contributed by atoms with van der Waals surface area (Å²) in [5, 5.41) is 3.37. The number of benzene rings is 1. The maximum atomic E-state index is 12.4. The van der Waals surface area contributed by atoms with Gasteiger partial charge in [-0.1, -0.05) is 12.1 Å². The molecule has 2 heterocycles. The van der Waals surface area contributed by atoms with Gasteiger partial charge in [0.2, 0.25) is 5.91 Å². The molecule has 2 saturated heterocycles. The van der Waals surface area contributed by atoms with Gasteiger partial charge in [0.05, 0.1) is 12.8 Å². The molecule has 0 radical (unpaired) electrons. The Morgan fingerprint density at radius 2 is 2.04 bits per heavy atom. The van der Waals surface area contributed by atoms with E-state index in [0.717, 1.165) is 57.1 Å². The Labute approximate surface area is 138 Å². The maximum absolute atomic E-state index is 12.4. The fourth-order valence-corrected chi connectivity index (χ4v) is 3.53.